The molecule has 5 heteroatoms. The van der Waals surface area contributed by atoms with Crippen molar-refractivity contribution in [1.82, 2.24) is 0 Å². The highest BCUT2D eigenvalue weighted by molar-refractivity contribution is 6.35. The third-order valence-electron chi connectivity index (χ3n) is 4.56. The summed E-state index contributed by atoms with van der Waals surface area (Å²) < 4.78 is 0. The Morgan fingerprint density at radius 2 is 1.56 bits per heavy atom. The monoisotopic (exact) mass is 356 g/mol. The van der Waals surface area contributed by atoms with Crippen LogP contribution in [0.25, 0.3) is 11.6 Å². The predicted molar refractivity (Wildman–Crippen MR) is 105 cm³/mol. The second-order valence-electron chi connectivity index (χ2n) is 6.30. The first-order chi connectivity index (χ1) is 13.1. The Labute approximate surface area is 156 Å². The van der Waals surface area contributed by atoms with Gasteiger partial charge in [-0.25, -0.2) is 0 Å². The van der Waals surface area contributed by atoms with Crippen LogP contribution in [0, 0.1) is 10.1 Å². The number of anilines is 1. The molecule has 5 nitrogen and oxygen atoms in total. The van der Waals surface area contributed by atoms with E-state index in [1.54, 1.807) is 23.1 Å². The van der Waals surface area contributed by atoms with E-state index in [9.17, 15) is 14.9 Å². The van der Waals surface area contributed by atoms with Crippen LogP contribution >= 0.6 is 0 Å². The van der Waals surface area contributed by atoms with Crippen molar-refractivity contribution in [3.8, 4) is 0 Å². The van der Waals surface area contributed by atoms with E-state index in [1.165, 1.54) is 12.1 Å². The van der Waals surface area contributed by atoms with Gasteiger partial charge < -0.3 is 4.90 Å². The lowest BCUT2D eigenvalue weighted by Gasteiger charge is -2.17. The summed E-state index contributed by atoms with van der Waals surface area (Å²) in [6, 6.07) is 23.7. The SMILES string of the molecule is O=C1/C(=C/c2ccc([N+](=O)[O-])cc2)c2ccccc2N1Cc1ccccc1. The van der Waals surface area contributed by atoms with Crippen LogP contribution in [-0.4, -0.2) is 10.8 Å². The maximum atomic E-state index is 13.1. The van der Waals surface area contributed by atoms with Gasteiger partial charge in [-0.2, -0.15) is 0 Å². The standard InChI is InChI=1S/C22H16N2O3/c25-22-20(14-16-10-12-18(13-11-16)24(26)27)19-8-4-5-9-21(19)23(22)15-17-6-2-1-3-7-17/h1-14H,15H2/b20-14+. The molecule has 0 unspecified atom stereocenters. The number of para-hydroxylation sites is 1. The molecule has 1 aliphatic rings. The van der Waals surface area contributed by atoms with Crippen LogP contribution in [-0.2, 0) is 11.3 Å². The summed E-state index contributed by atoms with van der Waals surface area (Å²) >= 11 is 0. The molecule has 0 spiro atoms. The lowest BCUT2D eigenvalue weighted by atomic mass is 10.0. The van der Waals surface area contributed by atoms with Crippen molar-refractivity contribution >= 4 is 28.9 Å². The molecule has 0 fully saturated rings. The summed E-state index contributed by atoms with van der Waals surface area (Å²) in [4.78, 5) is 25.2. The highest BCUT2D eigenvalue weighted by Gasteiger charge is 2.31. The molecule has 0 aromatic heterocycles. The number of benzene rings is 3. The minimum absolute atomic E-state index is 0.0287. The minimum Gasteiger partial charge on any atom is -0.303 e. The quantitative estimate of drug-likeness (QED) is 0.387. The van der Waals surface area contributed by atoms with Crippen molar-refractivity contribution in [3.05, 3.63) is 106 Å². The van der Waals surface area contributed by atoms with E-state index in [2.05, 4.69) is 0 Å². The summed E-state index contributed by atoms with van der Waals surface area (Å²) in [7, 11) is 0. The highest BCUT2D eigenvalue weighted by Crippen LogP contribution is 2.38. The molecular formula is C22H16N2O3. The van der Waals surface area contributed by atoms with Crippen LogP contribution in [0.5, 0.6) is 0 Å². The number of fused-ring (bicyclic) bond motifs is 1. The summed E-state index contributed by atoms with van der Waals surface area (Å²) in [5, 5.41) is 10.8. The number of nitrogens with zero attached hydrogens (tertiary/aromatic N) is 2. The number of carbonyl (C=O) groups excluding carboxylic acids is 1. The second kappa shape index (κ2) is 6.88. The maximum Gasteiger partial charge on any atom is 0.269 e. The van der Waals surface area contributed by atoms with Gasteiger partial charge in [0.2, 0.25) is 0 Å². The topological polar surface area (TPSA) is 63.4 Å². The zero-order valence-corrected chi connectivity index (χ0v) is 14.4. The number of nitro groups is 1. The average Bonchev–Trinajstić information content (AvgIpc) is 2.95. The van der Waals surface area contributed by atoms with Gasteiger partial charge in [-0.15, -0.1) is 0 Å². The van der Waals surface area contributed by atoms with Crippen molar-refractivity contribution in [3.63, 3.8) is 0 Å². The molecule has 0 N–H and O–H groups in total. The normalized spacial score (nSPS) is 14.4. The molecular weight excluding hydrogens is 340 g/mol. The lowest BCUT2D eigenvalue weighted by Crippen LogP contribution is -2.25. The molecule has 3 aromatic rings. The van der Waals surface area contributed by atoms with Gasteiger partial charge in [-0.1, -0.05) is 48.5 Å². The van der Waals surface area contributed by atoms with Crippen LogP contribution in [0.2, 0.25) is 0 Å². The van der Waals surface area contributed by atoms with Gasteiger partial charge in [0.15, 0.2) is 0 Å². The van der Waals surface area contributed by atoms with Gasteiger partial charge in [-0.3, -0.25) is 14.9 Å². The molecule has 4 rings (SSSR count). The Balaban J connectivity index is 1.71. The van der Waals surface area contributed by atoms with E-state index >= 15 is 0 Å². The lowest BCUT2D eigenvalue weighted by molar-refractivity contribution is -0.384. The highest BCUT2D eigenvalue weighted by atomic mass is 16.6. The number of hydrogen-bond donors (Lipinski definition) is 0. The molecule has 1 amide bonds. The second-order valence-corrected chi connectivity index (χ2v) is 6.30. The van der Waals surface area contributed by atoms with Gasteiger partial charge in [0.1, 0.15) is 0 Å². The predicted octanol–water partition coefficient (Wildman–Crippen LogP) is 4.68. The van der Waals surface area contributed by atoms with Crippen LogP contribution in [0.3, 0.4) is 0 Å². The molecule has 0 saturated heterocycles. The zero-order valence-electron chi connectivity index (χ0n) is 14.4. The Bertz CT molecular complexity index is 1040. The minimum atomic E-state index is -0.436. The van der Waals surface area contributed by atoms with E-state index in [0.717, 1.165) is 22.4 Å². The zero-order chi connectivity index (χ0) is 18.8. The molecule has 0 atom stereocenters. The molecule has 0 radical (unpaired) electrons. The molecule has 3 aromatic carbocycles. The number of carbonyl (C=O) groups is 1. The van der Waals surface area contributed by atoms with Gasteiger partial charge in [0.05, 0.1) is 17.2 Å². The van der Waals surface area contributed by atoms with Gasteiger partial charge >= 0.3 is 0 Å². The van der Waals surface area contributed by atoms with Gasteiger partial charge in [0.25, 0.3) is 11.6 Å². The third-order valence-corrected chi connectivity index (χ3v) is 4.56. The molecule has 0 bridgehead atoms. The molecule has 0 saturated carbocycles. The van der Waals surface area contributed by atoms with Crippen LogP contribution in [0.1, 0.15) is 16.7 Å². The van der Waals surface area contributed by atoms with Crippen LogP contribution in [0.15, 0.2) is 78.9 Å². The molecule has 132 valence electrons. The maximum absolute atomic E-state index is 13.1. The molecule has 27 heavy (non-hydrogen) atoms. The fourth-order valence-corrected chi connectivity index (χ4v) is 3.23. The number of hydrogen-bond acceptors (Lipinski definition) is 3. The Hall–Kier alpha value is -3.73. The van der Waals surface area contributed by atoms with Crippen LogP contribution in [0.4, 0.5) is 11.4 Å². The number of amides is 1. The fourth-order valence-electron chi connectivity index (χ4n) is 3.23. The molecule has 1 heterocycles. The van der Waals surface area contributed by atoms with Crippen molar-refractivity contribution in [2.45, 2.75) is 6.54 Å². The third kappa shape index (κ3) is 3.22. The fraction of sp³-hybridized carbons (Fsp3) is 0.0455. The van der Waals surface area contributed by atoms with Gasteiger partial charge in [0, 0.05) is 23.3 Å². The molecule has 1 aliphatic heterocycles. The largest absolute Gasteiger partial charge is 0.303 e. The summed E-state index contributed by atoms with van der Waals surface area (Å²) in [6.07, 6.45) is 1.79. The Kier molecular flexibility index (Phi) is 4.26. The van der Waals surface area contributed by atoms with Crippen molar-refractivity contribution in [2.75, 3.05) is 4.90 Å². The summed E-state index contributed by atoms with van der Waals surface area (Å²) in [5.41, 5.74) is 4.17. The number of nitro benzene ring substituents is 1. The van der Waals surface area contributed by atoms with Crippen molar-refractivity contribution in [1.29, 1.82) is 0 Å². The smallest absolute Gasteiger partial charge is 0.269 e. The first-order valence-electron chi connectivity index (χ1n) is 8.55. The van der Waals surface area contributed by atoms with E-state index in [1.807, 2.05) is 54.6 Å². The average molecular weight is 356 g/mol. The van der Waals surface area contributed by atoms with Crippen molar-refractivity contribution < 1.29 is 9.72 Å². The van der Waals surface area contributed by atoms with Crippen molar-refractivity contribution in [2.24, 2.45) is 0 Å². The Morgan fingerprint density at radius 1 is 0.889 bits per heavy atom. The van der Waals surface area contributed by atoms with E-state index in [0.29, 0.717) is 12.1 Å². The first kappa shape index (κ1) is 16.7. The summed E-state index contributed by atoms with van der Waals surface area (Å²) in [6.45, 7) is 0.494. The van der Waals surface area contributed by atoms with Gasteiger partial charge in [-0.05, 0) is 35.4 Å². The van der Waals surface area contributed by atoms with E-state index < -0.39 is 4.92 Å². The van der Waals surface area contributed by atoms with E-state index in [-0.39, 0.29) is 11.6 Å². The molecule has 0 aliphatic carbocycles. The Morgan fingerprint density at radius 3 is 2.26 bits per heavy atom. The number of non-ortho nitro benzene ring substituents is 1. The first-order valence-corrected chi connectivity index (χ1v) is 8.55. The number of rotatable bonds is 4. The van der Waals surface area contributed by atoms with E-state index in [4.69, 9.17) is 0 Å². The summed E-state index contributed by atoms with van der Waals surface area (Å²) in [5.74, 6) is -0.0709. The van der Waals surface area contributed by atoms with Crippen LogP contribution < -0.4 is 4.90 Å².